The van der Waals surface area contributed by atoms with Gasteiger partial charge >= 0.3 is 6.03 Å². The van der Waals surface area contributed by atoms with Crippen molar-refractivity contribution in [2.24, 2.45) is 0 Å². The van der Waals surface area contributed by atoms with E-state index in [1.54, 1.807) is 6.20 Å². The number of aromatic nitrogens is 2. The molecule has 0 bridgehead atoms. The molecule has 106 valence electrons. The Balaban J connectivity index is 1.95. The van der Waals surface area contributed by atoms with E-state index in [1.807, 2.05) is 29.6 Å². The fourth-order valence-electron chi connectivity index (χ4n) is 2.19. The number of amides is 2. The number of hydrogen-bond acceptors (Lipinski definition) is 3. The van der Waals surface area contributed by atoms with Crippen LogP contribution in [0.3, 0.4) is 0 Å². The summed E-state index contributed by atoms with van der Waals surface area (Å²) < 4.78 is 7.35. The van der Waals surface area contributed by atoms with E-state index in [9.17, 15) is 4.79 Å². The van der Waals surface area contributed by atoms with Gasteiger partial charge in [0, 0.05) is 19.3 Å². The third kappa shape index (κ3) is 3.26. The van der Waals surface area contributed by atoms with Gasteiger partial charge in [0.15, 0.2) is 0 Å². The van der Waals surface area contributed by atoms with Gasteiger partial charge in [-0.15, -0.1) is 0 Å². The standard InChI is InChI=1S/C13H22N4O2/c1-4-5-16-9-12(8-14-16)15-13(18)17-6-7-19-11(3)10(17)2/h8-11H,4-7H2,1-3H3,(H,15,18)/t10-,11-/m0/s1. The zero-order chi connectivity index (χ0) is 13.8. The third-order valence-electron chi connectivity index (χ3n) is 3.48. The van der Waals surface area contributed by atoms with E-state index in [4.69, 9.17) is 4.74 Å². The van der Waals surface area contributed by atoms with Crippen LogP contribution in [0, 0.1) is 0 Å². The van der Waals surface area contributed by atoms with Gasteiger partial charge in [-0.05, 0) is 20.3 Å². The summed E-state index contributed by atoms with van der Waals surface area (Å²) in [6.07, 6.45) is 4.63. The fraction of sp³-hybridized carbons (Fsp3) is 0.692. The molecule has 1 aliphatic rings. The second kappa shape index (κ2) is 6.06. The summed E-state index contributed by atoms with van der Waals surface area (Å²) in [4.78, 5) is 14.0. The van der Waals surface area contributed by atoms with Crippen LogP contribution in [-0.4, -0.2) is 46.0 Å². The Morgan fingerprint density at radius 2 is 2.37 bits per heavy atom. The molecule has 19 heavy (non-hydrogen) atoms. The van der Waals surface area contributed by atoms with Crippen LogP contribution < -0.4 is 5.32 Å². The summed E-state index contributed by atoms with van der Waals surface area (Å²) in [5, 5.41) is 7.09. The van der Waals surface area contributed by atoms with Gasteiger partial charge in [-0.25, -0.2) is 4.79 Å². The normalized spacial score (nSPS) is 23.4. The summed E-state index contributed by atoms with van der Waals surface area (Å²) in [5.74, 6) is 0. The van der Waals surface area contributed by atoms with Crippen molar-refractivity contribution < 1.29 is 9.53 Å². The van der Waals surface area contributed by atoms with Gasteiger partial charge < -0.3 is 15.0 Å². The molecule has 6 heteroatoms. The first-order valence-corrected chi connectivity index (χ1v) is 6.83. The maximum atomic E-state index is 12.2. The summed E-state index contributed by atoms with van der Waals surface area (Å²) in [7, 11) is 0. The number of hydrogen-bond donors (Lipinski definition) is 1. The van der Waals surface area contributed by atoms with Crippen LogP contribution in [0.4, 0.5) is 10.5 Å². The van der Waals surface area contributed by atoms with Crippen LogP contribution >= 0.6 is 0 Å². The first-order chi connectivity index (χ1) is 9.11. The van der Waals surface area contributed by atoms with Crippen molar-refractivity contribution in [3.05, 3.63) is 12.4 Å². The van der Waals surface area contributed by atoms with Gasteiger partial charge in [0.05, 0.1) is 30.6 Å². The summed E-state index contributed by atoms with van der Waals surface area (Å²) >= 11 is 0. The molecule has 1 aromatic rings. The molecule has 2 atom stereocenters. The van der Waals surface area contributed by atoms with Crippen molar-refractivity contribution in [2.75, 3.05) is 18.5 Å². The summed E-state index contributed by atoms with van der Waals surface area (Å²) in [5.41, 5.74) is 0.741. The van der Waals surface area contributed by atoms with Gasteiger partial charge in [-0.1, -0.05) is 6.92 Å². The Bertz CT molecular complexity index is 432. The minimum Gasteiger partial charge on any atom is -0.375 e. The Labute approximate surface area is 113 Å². The molecule has 0 saturated carbocycles. The van der Waals surface area contributed by atoms with Crippen LogP contribution in [0.1, 0.15) is 27.2 Å². The van der Waals surface area contributed by atoms with Gasteiger partial charge in [-0.3, -0.25) is 4.68 Å². The number of nitrogens with one attached hydrogen (secondary N) is 1. The van der Waals surface area contributed by atoms with Crippen molar-refractivity contribution >= 4 is 11.7 Å². The van der Waals surface area contributed by atoms with Gasteiger partial charge in [-0.2, -0.15) is 5.10 Å². The van der Waals surface area contributed by atoms with Crippen molar-refractivity contribution in [2.45, 2.75) is 45.9 Å². The largest absolute Gasteiger partial charge is 0.375 e. The van der Waals surface area contributed by atoms with Crippen LogP contribution in [0.15, 0.2) is 12.4 Å². The number of carbonyl (C=O) groups is 1. The van der Waals surface area contributed by atoms with E-state index >= 15 is 0 Å². The topological polar surface area (TPSA) is 59.4 Å². The van der Waals surface area contributed by atoms with Gasteiger partial charge in [0.25, 0.3) is 0 Å². The SMILES string of the molecule is CCCn1cc(NC(=O)N2CCO[C@@H](C)[C@@H]2C)cn1. The lowest BCUT2D eigenvalue weighted by Gasteiger charge is -2.37. The molecule has 1 fully saturated rings. The minimum atomic E-state index is -0.0845. The van der Waals surface area contributed by atoms with E-state index in [1.165, 1.54) is 0 Å². The molecular weight excluding hydrogens is 244 g/mol. The summed E-state index contributed by atoms with van der Waals surface area (Å²) in [6.45, 7) is 8.17. The highest BCUT2D eigenvalue weighted by Crippen LogP contribution is 2.15. The number of carbonyl (C=O) groups excluding carboxylic acids is 1. The molecule has 1 N–H and O–H groups in total. The van der Waals surface area contributed by atoms with Crippen molar-refractivity contribution in [1.29, 1.82) is 0 Å². The van der Waals surface area contributed by atoms with Crippen LogP contribution in [-0.2, 0) is 11.3 Å². The van der Waals surface area contributed by atoms with E-state index in [0.29, 0.717) is 13.2 Å². The lowest BCUT2D eigenvalue weighted by molar-refractivity contribution is -0.0355. The monoisotopic (exact) mass is 266 g/mol. The van der Waals surface area contributed by atoms with E-state index < -0.39 is 0 Å². The Hall–Kier alpha value is -1.56. The molecule has 0 unspecified atom stereocenters. The molecule has 1 aromatic heterocycles. The number of morpholine rings is 1. The van der Waals surface area contributed by atoms with Crippen LogP contribution in [0.2, 0.25) is 0 Å². The number of nitrogens with zero attached hydrogens (tertiary/aromatic N) is 3. The average molecular weight is 266 g/mol. The predicted molar refractivity (Wildman–Crippen MR) is 73.1 cm³/mol. The van der Waals surface area contributed by atoms with E-state index in [0.717, 1.165) is 18.7 Å². The molecule has 0 aromatic carbocycles. The minimum absolute atomic E-state index is 0.0716. The maximum absolute atomic E-state index is 12.2. The quantitative estimate of drug-likeness (QED) is 0.909. The Morgan fingerprint density at radius 1 is 1.58 bits per heavy atom. The zero-order valence-corrected chi connectivity index (χ0v) is 11.8. The van der Waals surface area contributed by atoms with E-state index in [2.05, 4.69) is 17.3 Å². The molecule has 0 spiro atoms. The third-order valence-corrected chi connectivity index (χ3v) is 3.48. The molecule has 0 radical (unpaired) electrons. The predicted octanol–water partition coefficient (Wildman–Crippen LogP) is 1.93. The molecular formula is C13H22N4O2. The van der Waals surface area contributed by atoms with Crippen molar-refractivity contribution in [1.82, 2.24) is 14.7 Å². The number of ether oxygens (including phenoxy) is 1. The highest BCUT2D eigenvalue weighted by atomic mass is 16.5. The first-order valence-electron chi connectivity index (χ1n) is 6.83. The number of rotatable bonds is 3. The number of urea groups is 1. The number of aryl methyl sites for hydroxylation is 1. The highest BCUT2D eigenvalue weighted by Gasteiger charge is 2.29. The van der Waals surface area contributed by atoms with Crippen LogP contribution in [0.5, 0.6) is 0 Å². The molecule has 1 saturated heterocycles. The molecule has 2 amide bonds. The first kappa shape index (κ1) is 13.9. The molecule has 0 aliphatic carbocycles. The average Bonchev–Trinajstić information content (AvgIpc) is 2.80. The van der Waals surface area contributed by atoms with E-state index in [-0.39, 0.29) is 18.2 Å². The van der Waals surface area contributed by atoms with Crippen molar-refractivity contribution in [3.63, 3.8) is 0 Å². The smallest absolute Gasteiger partial charge is 0.322 e. The molecule has 6 nitrogen and oxygen atoms in total. The lowest BCUT2D eigenvalue weighted by Crippen LogP contribution is -2.52. The van der Waals surface area contributed by atoms with Gasteiger partial charge in [0.2, 0.25) is 0 Å². The van der Waals surface area contributed by atoms with Crippen molar-refractivity contribution in [3.8, 4) is 0 Å². The van der Waals surface area contributed by atoms with Gasteiger partial charge in [0.1, 0.15) is 0 Å². The second-order valence-electron chi connectivity index (χ2n) is 4.93. The second-order valence-corrected chi connectivity index (χ2v) is 4.93. The fourth-order valence-corrected chi connectivity index (χ4v) is 2.19. The maximum Gasteiger partial charge on any atom is 0.322 e. The zero-order valence-electron chi connectivity index (χ0n) is 11.8. The molecule has 1 aliphatic heterocycles. The number of anilines is 1. The van der Waals surface area contributed by atoms with Crippen LogP contribution in [0.25, 0.3) is 0 Å². The Kier molecular flexibility index (Phi) is 4.42. The Morgan fingerprint density at radius 3 is 3.11 bits per heavy atom. The molecule has 2 heterocycles. The molecule has 2 rings (SSSR count). The summed E-state index contributed by atoms with van der Waals surface area (Å²) in [6, 6.07) is -0.00173. The lowest BCUT2D eigenvalue weighted by atomic mass is 10.1. The highest BCUT2D eigenvalue weighted by molar-refractivity contribution is 5.89.